The number of nitrogens with zero attached hydrogens (tertiary/aromatic N) is 3. The van der Waals surface area contributed by atoms with Crippen LogP contribution in [0.2, 0.25) is 5.02 Å². The van der Waals surface area contributed by atoms with Crippen LogP contribution in [0.15, 0.2) is 33.7 Å². The fraction of sp³-hybridized carbons (Fsp3) is 0.312. The Morgan fingerprint density at radius 1 is 1.31 bits per heavy atom. The van der Waals surface area contributed by atoms with Gasteiger partial charge in [-0.25, -0.2) is 13.4 Å². The molecule has 2 rings (SSSR count). The number of rotatable bonds is 2. The lowest BCUT2D eigenvalue weighted by Gasteiger charge is -2.17. The topological polar surface area (TPSA) is 108 Å². The molecule has 0 saturated carbocycles. The number of nitrogens with two attached hydrogens (primary N) is 1. The molecule has 10 heteroatoms. The lowest BCUT2D eigenvalue weighted by molar-refractivity contribution is 0.0607. The van der Waals surface area contributed by atoms with Crippen LogP contribution in [-0.2, 0) is 14.5 Å². The molecule has 2 aromatic rings. The van der Waals surface area contributed by atoms with Crippen molar-refractivity contribution in [1.82, 2.24) is 10.2 Å². The minimum absolute atomic E-state index is 0.0471. The van der Waals surface area contributed by atoms with Crippen LogP contribution in [0.1, 0.15) is 20.8 Å². The molecule has 0 aliphatic carbocycles. The van der Waals surface area contributed by atoms with E-state index in [1.54, 1.807) is 20.8 Å². The summed E-state index contributed by atoms with van der Waals surface area (Å²) >= 11 is 5.86. The predicted octanol–water partition coefficient (Wildman–Crippen LogP) is 3.91. The van der Waals surface area contributed by atoms with Gasteiger partial charge in [0.2, 0.25) is 0 Å². The van der Waals surface area contributed by atoms with Crippen molar-refractivity contribution in [2.45, 2.75) is 31.4 Å². The first-order valence-electron chi connectivity index (χ1n) is 7.43. The smallest absolute Gasteiger partial charge is 0.442 e. The fourth-order valence-corrected chi connectivity index (χ4v) is 3.25. The Balaban J connectivity index is 2.45. The second-order valence-corrected chi connectivity index (χ2v) is 9.10. The van der Waals surface area contributed by atoms with E-state index in [0.717, 1.165) is 0 Å². The predicted molar refractivity (Wildman–Crippen MR) is 97.8 cm³/mol. The molecule has 1 aromatic carbocycles. The standard InChI is InChI=1S/C16H18ClFN4O3S/c1-16(2,3)25-15(23)22-26(4,24)14-12(19)8-13(20-21-14)10-7-9(17)5-6-11(10)18/h5-8H,1-4H3,(H2,19,20). The van der Waals surface area contributed by atoms with E-state index in [1.165, 1.54) is 30.5 Å². The Hall–Kier alpha value is -2.26. The molecule has 0 aliphatic heterocycles. The first-order valence-corrected chi connectivity index (χ1v) is 9.73. The van der Waals surface area contributed by atoms with E-state index < -0.39 is 27.2 Å². The third-order valence-electron chi connectivity index (χ3n) is 2.99. The SMILES string of the molecule is CC(C)(C)OC(=O)N=S(C)(=O)c1nnc(-c2cc(Cl)ccc2F)cc1N. The summed E-state index contributed by atoms with van der Waals surface area (Å²) in [7, 11) is -3.30. The van der Waals surface area contributed by atoms with E-state index >= 15 is 0 Å². The molecule has 0 saturated heterocycles. The summed E-state index contributed by atoms with van der Waals surface area (Å²) in [6, 6.07) is 5.24. The van der Waals surface area contributed by atoms with Gasteiger partial charge in [-0.2, -0.15) is 0 Å². The summed E-state index contributed by atoms with van der Waals surface area (Å²) in [5.41, 5.74) is 5.25. The summed E-state index contributed by atoms with van der Waals surface area (Å²) < 4.78 is 35.2. The van der Waals surface area contributed by atoms with Crippen LogP contribution in [0.25, 0.3) is 11.3 Å². The molecule has 0 aliphatic rings. The number of amides is 1. The molecule has 0 bridgehead atoms. The van der Waals surface area contributed by atoms with Crippen molar-refractivity contribution < 1.29 is 18.1 Å². The monoisotopic (exact) mass is 400 g/mol. The van der Waals surface area contributed by atoms with Gasteiger partial charge in [-0.1, -0.05) is 11.6 Å². The average Bonchev–Trinajstić information content (AvgIpc) is 2.46. The number of carbonyl (C=O) groups is 1. The highest BCUT2D eigenvalue weighted by molar-refractivity contribution is 7.93. The molecule has 1 aromatic heterocycles. The van der Waals surface area contributed by atoms with Gasteiger partial charge in [-0.05, 0) is 45.0 Å². The number of hydrogen-bond acceptors (Lipinski definition) is 6. The van der Waals surface area contributed by atoms with Crippen LogP contribution < -0.4 is 5.73 Å². The highest BCUT2D eigenvalue weighted by Gasteiger charge is 2.21. The van der Waals surface area contributed by atoms with Crippen molar-refractivity contribution in [3.8, 4) is 11.3 Å². The molecule has 0 radical (unpaired) electrons. The zero-order valence-electron chi connectivity index (χ0n) is 14.6. The van der Waals surface area contributed by atoms with E-state index in [0.29, 0.717) is 5.02 Å². The number of anilines is 1. The van der Waals surface area contributed by atoms with Gasteiger partial charge in [0, 0.05) is 16.8 Å². The van der Waals surface area contributed by atoms with Crippen LogP contribution in [0.4, 0.5) is 14.9 Å². The molecular formula is C16H18ClFN4O3S. The maximum atomic E-state index is 13.9. The van der Waals surface area contributed by atoms with Crippen LogP contribution in [0.3, 0.4) is 0 Å². The van der Waals surface area contributed by atoms with Gasteiger partial charge in [-0.3, -0.25) is 0 Å². The summed E-state index contributed by atoms with van der Waals surface area (Å²) in [5, 5.41) is 7.75. The second kappa shape index (κ2) is 7.16. The highest BCUT2D eigenvalue weighted by Crippen LogP contribution is 2.27. The Kier molecular flexibility index (Phi) is 5.52. The van der Waals surface area contributed by atoms with Crippen LogP contribution >= 0.6 is 11.6 Å². The lowest BCUT2D eigenvalue weighted by Crippen LogP contribution is -2.22. The number of benzene rings is 1. The number of aromatic nitrogens is 2. The summed E-state index contributed by atoms with van der Waals surface area (Å²) in [4.78, 5) is 11.8. The molecule has 26 heavy (non-hydrogen) atoms. The third-order valence-corrected chi connectivity index (χ3v) is 4.76. The number of ether oxygens (including phenoxy) is 1. The van der Waals surface area contributed by atoms with Crippen LogP contribution in [0.5, 0.6) is 0 Å². The van der Waals surface area contributed by atoms with Crippen molar-refractivity contribution in [2.75, 3.05) is 12.0 Å². The van der Waals surface area contributed by atoms with E-state index in [4.69, 9.17) is 22.1 Å². The van der Waals surface area contributed by atoms with Gasteiger partial charge in [0.05, 0.1) is 11.4 Å². The summed E-state index contributed by atoms with van der Waals surface area (Å²) in [6.45, 7) is 4.96. The number of halogens is 2. The number of carbonyl (C=O) groups excluding carboxylic acids is 1. The van der Waals surface area contributed by atoms with Gasteiger partial charge in [-0.15, -0.1) is 14.6 Å². The zero-order valence-corrected chi connectivity index (χ0v) is 16.2. The van der Waals surface area contributed by atoms with Crippen molar-refractivity contribution in [1.29, 1.82) is 0 Å². The highest BCUT2D eigenvalue weighted by atomic mass is 35.5. The molecule has 1 unspecified atom stereocenters. The van der Waals surface area contributed by atoms with Gasteiger partial charge < -0.3 is 10.5 Å². The quantitative estimate of drug-likeness (QED) is 0.818. The molecule has 0 spiro atoms. The van der Waals surface area contributed by atoms with Crippen molar-refractivity contribution in [3.63, 3.8) is 0 Å². The Labute approximate surface area is 155 Å². The first kappa shape index (κ1) is 20.1. The minimum Gasteiger partial charge on any atom is -0.442 e. The van der Waals surface area contributed by atoms with E-state index in [-0.39, 0.29) is 22.0 Å². The van der Waals surface area contributed by atoms with Crippen molar-refractivity contribution in [3.05, 3.63) is 35.1 Å². The maximum Gasteiger partial charge on any atom is 0.442 e. The fourth-order valence-electron chi connectivity index (χ4n) is 1.98. The third kappa shape index (κ3) is 4.89. The van der Waals surface area contributed by atoms with Gasteiger partial charge in [0.15, 0.2) is 5.03 Å². The van der Waals surface area contributed by atoms with Crippen LogP contribution in [-0.4, -0.2) is 32.4 Å². The van der Waals surface area contributed by atoms with Gasteiger partial charge in [0.25, 0.3) is 0 Å². The molecular weight excluding hydrogens is 383 g/mol. The maximum absolute atomic E-state index is 13.9. The number of nitrogen functional groups attached to an aromatic ring is 1. The first-order chi connectivity index (χ1) is 11.9. The minimum atomic E-state index is -3.30. The molecule has 0 fully saturated rings. The molecule has 2 N–H and O–H groups in total. The van der Waals surface area contributed by atoms with Gasteiger partial charge in [0.1, 0.15) is 21.1 Å². The average molecular weight is 401 g/mol. The van der Waals surface area contributed by atoms with Crippen molar-refractivity contribution in [2.24, 2.45) is 4.36 Å². The molecule has 140 valence electrons. The molecule has 1 amide bonds. The Morgan fingerprint density at radius 3 is 2.54 bits per heavy atom. The second-order valence-electron chi connectivity index (χ2n) is 6.49. The molecule has 7 nitrogen and oxygen atoms in total. The van der Waals surface area contributed by atoms with E-state index in [9.17, 15) is 13.4 Å². The number of hydrogen-bond donors (Lipinski definition) is 1. The largest absolute Gasteiger partial charge is 0.442 e. The Bertz CT molecular complexity index is 982. The normalized spacial score (nSPS) is 13.8. The van der Waals surface area contributed by atoms with E-state index in [2.05, 4.69) is 14.6 Å². The molecule has 1 heterocycles. The summed E-state index contributed by atoms with van der Waals surface area (Å²) in [5.74, 6) is -0.563. The lowest BCUT2D eigenvalue weighted by atomic mass is 10.1. The van der Waals surface area contributed by atoms with Crippen molar-refractivity contribution >= 4 is 33.1 Å². The van der Waals surface area contributed by atoms with Crippen LogP contribution in [0, 0.1) is 5.82 Å². The zero-order chi connectivity index (χ0) is 19.7. The molecule has 1 atom stereocenters. The summed E-state index contributed by atoms with van der Waals surface area (Å²) in [6.07, 6.45) is 0.188. The van der Waals surface area contributed by atoms with E-state index in [1.807, 2.05) is 0 Å². The van der Waals surface area contributed by atoms with Gasteiger partial charge >= 0.3 is 6.09 Å². The Morgan fingerprint density at radius 2 is 1.96 bits per heavy atom.